The van der Waals surface area contributed by atoms with Crippen molar-refractivity contribution < 1.29 is 14.0 Å². The highest BCUT2D eigenvalue weighted by Crippen LogP contribution is 2.12. The summed E-state index contributed by atoms with van der Waals surface area (Å²) in [6.45, 7) is 2.54. The summed E-state index contributed by atoms with van der Waals surface area (Å²) in [6.07, 6.45) is 0.175. The Balaban J connectivity index is 2.50. The molecule has 0 saturated heterocycles. The Bertz CT molecular complexity index is 449. The molecular weight excluding hydrogens is 237 g/mol. The van der Waals surface area contributed by atoms with Gasteiger partial charge in [-0.15, -0.1) is 0 Å². The van der Waals surface area contributed by atoms with Gasteiger partial charge >= 0.3 is 0 Å². The van der Waals surface area contributed by atoms with Gasteiger partial charge in [0.05, 0.1) is 5.56 Å². The van der Waals surface area contributed by atoms with Gasteiger partial charge in [-0.05, 0) is 25.1 Å². The molecule has 1 rings (SSSR count). The average molecular weight is 253 g/mol. The van der Waals surface area contributed by atoms with Crippen LogP contribution in [-0.4, -0.2) is 24.9 Å². The van der Waals surface area contributed by atoms with Crippen molar-refractivity contribution in [3.05, 3.63) is 29.6 Å². The molecule has 0 fully saturated rings. The van der Waals surface area contributed by atoms with Crippen molar-refractivity contribution >= 4 is 17.5 Å². The van der Waals surface area contributed by atoms with Gasteiger partial charge in [-0.25, -0.2) is 4.39 Å². The summed E-state index contributed by atoms with van der Waals surface area (Å²) in [4.78, 5) is 22.8. The first-order valence-corrected chi connectivity index (χ1v) is 5.64. The third-order valence-corrected chi connectivity index (χ3v) is 2.27. The molecule has 0 atom stereocenters. The second kappa shape index (κ2) is 6.58. The molecule has 0 spiro atoms. The fourth-order valence-electron chi connectivity index (χ4n) is 1.40. The van der Waals surface area contributed by atoms with Crippen LogP contribution in [0.2, 0.25) is 0 Å². The number of amides is 2. The van der Waals surface area contributed by atoms with Crippen LogP contribution >= 0.6 is 0 Å². The molecule has 2 amide bonds. The largest absolute Gasteiger partial charge is 0.398 e. The molecule has 1 aromatic rings. The average Bonchev–Trinajstić information content (AvgIpc) is 2.32. The van der Waals surface area contributed by atoms with E-state index in [4.69, 9.17) is 5.73 Å². The van der Waals surface area contributed by atoms with Crippen LogP contribution < -0.4 is 16.4 Å². The number of nitrogens with one attached hydrogen (secondary N) is 2. The van der Waals surface area contributed by atoms with Crippen molar-refractivity contribution in [2.24, 2.45) is 0 Å². The molecule has 1 aromatic carbocycles. The highest BCUT2D eigenvalue weighted by atomic mass is 19.1. The van der Waals surface area contributed by atoms with E-state index in [1.807, 2.05) is 6.92 Å². The zero-order valence-electron chi connectivity index (χ0n) is 10.1. The van der Waals surface area contributed by atoms with Gasteiger partial charge in [-0.2, -0.15) is 0 Å². The van der Waals surface area contributed by atoms with Crippen LogP contribution in [0.15, 0.2) is 18.2 Å². The van der Waals surface area contributed by atoms with Gasteiger partial charge < -0.3 is 16.4 Å². The minimum atomic E-state index is -0.530. The fraction of sp³-hybridized carbons (Fsp3) is 0.333. The van der Waals surface area contributed by atoms with E-state index in [9.17, 15) is 14.0 Å². The molecule has 18 heavy (non-hydrogen) atoms. The Morgan fingerprint density at radius 2 is 2.06 bits per heavy atom. The summed E-state index contributed by atoms with van der Waals surface area (Å²) in [5.74, 6) is -1.17. The van der Waals surface area contributed by atoms with Crippen molar-refractivity contribution in [2.75, 3.05) is 18.8 Å². The van der Waals surface area contributed by atoms with Gasteiger partial charge in [-0.1, -0.05) is 0 Å². The molecule has 0 heterocycles. The normalized spacial score (nSPS) is 9.89. The van der Waals surface area contributed by atoms with Crippen LogP contribution in [0.5, 0.6) is 0 Å². The van der Waals surface area contributed by atoms with Crippen molar-refractivity contribution in [1.29, 1.82) is 0 Å². The summed E-state index contributed by atoms with van der Waals surface area (Å²) in [7, 11) is 0. The van der Waals surface area contributed by atoms with Crippen LogP contribution in [0.25, 0.3) is 0 Å². The molecule has 5 nitrogen and oxygen atoms in total. The lowest BCUT2D eigenvalue weighted by molar-refractivity contribution is -0.120. The predicted molar refractivity (Wildman–Crippen MR) is 66.4 cm³/mol. The molecule has 0 saturated carbocycles. The Hall–Kier alpha value is -2.11. The summed E-state index contributed by atoms with van der Waals surface area (Å²) >= 11 is 0. The summed E-state index contributed by atoms with van der Waals surface area (Å²) in [6, 6.07) is 3.58. The molecule has 0 unspecified atom stereocenters. The number of carbonyl (C=O) groups excluding carboxylic acids is 2. The van der Waals surface area contributed by atoms with E-state index in [0.29, 0.717) is 6.54 Å². The van der Waals surface area contributed by atoms with E-state index >= 15 is 0 Å². The quantitative estimate of drug-likeness (QED) is 0.674. The van der Waals surface area contributed by atoms with Crippen molar-refractivity contribution in [3.8, 4) is 0 Å². The van der Waals surface area contributed by atoms with E-state index < -0.39 is 11.7 Å². The molecule has 0 aliphatic rings. The number of benzene rings is 1. The zero-order valence-corrected chi connectivity index (χ0v) is 10.1. The second-order valence-corrected chi connectivity index (χ2v) is 3.69. The van der Waals surface area contributed by atoms with E-state index in [1.54, 1.807) is 0 Å². The van der Waals surface area contributed by atoms with Crippen LogP contribution in [-0.2, 0) is 4.79 Å². The Morgan fingerprint density at radius 3 is 2.72 bits per heavy atom. The fourth-order valence-corrected chi connectivity index (χ4v) is 1.40. The predicted octanol–water partition coefficient (Wildman–Crippen LogP) is 0.664. The number of carbonyl (C=O) groups is 2. The standard InChI is InChI=1S/C12H16FN3O2/c1-2-15-11(17)5-6-16-12(18)9-7-8(13)3-4-10(9)14/h3-4,7H,2,5-6,14H2,1H3,(H,15,17)(H,16,18). The van der Waals surface area contributed by atoms with Crippen LogP contribution in [0, 0.1) is 5.82 Å². The Morgan fingerprint density at radius 1 is 1.33 bits per heavy atom. The summed E-state index contributed by atoms with van der Waals surface area (Å²) in [5, 5.41) is 5.11. The van der Waals surface area contributed by atoms with Gasteiger partial charge in [0, 0.05) is 25.2 Å². The van der Waals surface area contributed by atoms with Crippen LogP contribution in [0.4, 0.5) is 10.1 Å². The molecule has 98 valence electrons. The molecule has 0 radical (unpaired) electrons. The minimum absolute atomic E-state index is 0.0749. The van der Waals surface area contributed by atoms with E-state index in [2.05, 4.69) is 10.6 Å². The number of hydrogen-bond acceptors (Lipinski definition) is 3. The van der Waals surface area contributed by atoms with Crippen molar-refractivity contribution in [1.82, 2.24) is 10.6 Å². The number of rotatable bonds is 5. The Kier molecular flexibility index (Phi) is 5.10. The third-order valence-electron chi connectivity index (χ3n) is 2.27. The topological polar surface area (TPSA) is 84.2 Å². The van der Waals surface area contributed by atoms with E-state index in [1.165, 1.54) is 12.1 Å². The molecule has 0 bridgehead atoms. The molecule has 0 aliphatic heterocycles. The highest BCUT2D eigenvalue weighted by Gasteiger charge is 2.10. The first kappa shape index (κ1) is 14.0. The first-order valence-electron chi connectivity index (χ1n) is 5.64. The van der Waals surface area contributed by atoms with Crippen LogP contribution in [0.1, 0.15) is 23.7 Å². The molecular formula is C12H16FN3O2. The lowest BCUT2D eigenvalue weighted by atomic mass is 10.1. The minimum Gasteiger partial charge on any atom is -0.398 e. The van der Waals surface area contributed by atoms with Crippen molar-refractivity contribution in [3.63, 3.8) is 0 Å². The van der Waals surface area contributed by atoms with E-state index in [-0.39, 0.29) is 30.1 Å². The van der Waals surface area contributed by atoms with Gasteiger partial charge in [0.2, 0.25) is 5.91 Å². The number of hydrogen-bond donors (Lipinski definition) is 3. The van der Waals surface area contributed by atoms with Crippen molar-refractivity contribution in [2.45, 2.75) is 13.3 Å². The second-order valence-electron chi connectivity index (χ2n) is 3.69. The maximum Gasteiger partial charge on any atom is 0.253 e. The highest BCUT2D eigenvalue weighted by molar-refractivity contribution is 5.99. The molecule has 4 N–H and O–H groups in total. The van der Waals surface area contributed by atoms with Gasteiger partial charge in [0.25, 0.3) is 5.91 Å². The number of anilines is 1. The first-order chi connectivity index (χ1) is 8.54. The van der Waals surface area contributed by atoms with Gasteiger partial charge in [-0.3, -0.25) is 9.59 Å². The summed E-state index contributed by atoms with van der Waals surface area (Å²) in [5.41, 5.74) is 5.84. The maximum absolute atomic E-state index is 13.0. The SMILES string of the molecule is CCNC(=O)CCNC(=O)c1cc(F)ccc1N. The smallest absolute Gasteiger partial charge is 0.253 e. The molecule has 6 heteroatoms. The molecule has 0 aliphatic carbocycles. The Labute approximate surface area is 105 Å². The van der Waals surface area contributed by atoms with E-state index in [0.717, 1.165) is 6.07 Å². The lowest BCUT2D eigenvalue weighted by Crippen LogP contribution is -2.31. The maximum atomic E-state index is 13.0. The summed E-state index contributed by atoms with van der Waals surface area (Å²) < 4.78 is 13.0. The zero-order chi connectivity index (χ0) is 13.5. The number of nitrogens with two attached hydrogens (primary N) is 1. The van der Waals surface area contributed by atoms with Gasteiger partial charge in [0.1, 0.15) is 5.82 Å². The number of nitrogen functional groups attached to an aromatic ring is 1. The van der Waals surface area contributed by atoms with Crippen LogP contribution in [0.3, 0.4) is 0 Å². The number of halogens is 1. The lowest BCUT2D eigenvalue weighted by Gasteiger charge is -2.07. The third kappa shape index (κ3) is 4.04. The monoisotopic (exact) mass is 253 g/mol. The van der Waals surface area contributed by atoms with Gasteiger partial charge in [0.15, 0.2) is 0 Å². The molecule has 0 aromatic heterocycles.